The van der Waals surface area contributed by atoms with E-state index in [-0.39, 0.29) is 5.33 Å². The van der Waals surface area contributed by atoms with Gasteiger partial charge in [-0.1, -0.05) is 15.9 Å². The molecule has 0 saturated heterocycles. The van der Waals surface area contributed by atoms with Gasteiger partial charge in [-0.15, -0.1) is 0 Å². The molecule has 0 rings (SSSR count). The molecule has 0 saturated carbocycles. The molecule has 2 nitrogen and oxygen atoms in total. The van der Waals surface area contributed by atoms with Crippen molar-refractivity contribution in [1.29, 1.82) is 0 Å². The molecule has 0 radical (unpaired) electrons. The molecule has 0 spiro atoms. The normalized spacial score (nSPS) is 6.29. The Kier molecular flexibility index (Phi) is 15.0. The quantitative estimate of drug-likeness (QED) is 0.567. The summed E-state index contributed by atoms with van der Waals surface area (Å²) in [6.45, 7) is 0. The Labute approximate surface area is 63.3 Å². The van der Waals surface area contributed by atoms with Crippen LogP contribution >= 0.6 is 15.9 Å². The third kappa shape index (κ3) is 20.3. The standard InChI is InChI=1S/C2H3BrO2.CH3.Au/c3-1-2(4)5;;/h1H2,(H,4,5);1H3;. The van der Waals surface area contributed by atoms with Crippen LogP contribution in [0, 0.1) is 0 Å². The molecule has 0 aromatic carbocycles. The predicted molar refractivity (Wildman–Crippen MR) is 27.3 cm³/mol. The van der Waals surface area contributed by atoms with Crippen LogP contribution in [0.1, 0.15) is 0 Å². The van der Waals surface area contributed by atoms with Gasteiger partial charge < -0.3 is 5.11 Å². The molecule has 1 N–H and O–H groups in total. The van der Waals surface area contributed by atoms with Crippen molar-refractivity contribution in [2.45, 2.75) is 5.14 Å². The number of rotatable bonds is 1. The average molecular weight is 351 g/mol. The van der Waals surface area contributed by atoms with Crippen LogP contribution in [-0.2, 0) is 25.9 Å². The van der Waals surface area contributed by atoms with E-state index in [4.69, 9.17) is 5.11 Å². The number of hydrogen-bond acceptors (Lipinski definition) is 1. The van der Waals surface area contributed by atoms with E-state index in [9.17, 15) is 4.79 Å². The molecule has 0 heterocycles. The molecule has 0 fully saturated rings. The van der Waals surface area contributed by atoms with Gasteiger partial charge in [-0.25, -0.2) is 0 Å². The zero-order valence-corrected chi connectivity index (χ0v) is 7.49. The zero-order chi connectivity index (χ0) is 6.28. The van der Waals surface area contributed by atoms with Crippen molar-refractivity contribution >= 4 is 21.9 Å². The van der Waals surface area contributed by atoms with Crippen molar-refractivity contribution < 1.29 is 31.0 Å². The minimum absolute atomic E-state index is 0.0347. The van der Waals surface area contributed by atoms with Gasteiger partial charge in [0.2, 0.25) is 0 Å². The van der Waals surface area contributed by atoms with Crippen LogP contribution in [0.2, 0.25) is 5.14 Å². The summed E-state index contributed by atoms with van der Waals surface area (Å²) in [7, 11) is 0. The van der Waals surface area contributed by atoms with E-state index in [1.54, 1.807) is 0 Å². The molecular weight excluding hydrogens is 345 g/mol. The van der Waals surface area contributed by atoms with Crippen molar-refractivity contribution in [2.75, 3.05) is 5.33 Å². The van der Waals surface area contributed by atoms with Crippen molar-refractivity contribution in [1.82, 2.24) is 0 Å². The number of hydrogen-bond donors (Lipinski definition) is 1. The van der Waals surface area contributed by atoms with Gasteiger partial charge in [0.05, 0.1) is 0 Å². The Hall–Kier alpha value is 0.690. The molecule has 0 aliphatic rings. The fraction of sp³-hybridized carbons (Fsp3) is 0.667. The molecule has 0 aliphatic carbocycles. The summed E-state index contributed by atoms with van der Waals surface area (Å²) in [5.74, 6) is -0.829. The first-order valence-electron chi connectivity index (χ1n) is 1.35. The molecule has 0 aromatic rings. The van der Waals surface area contributed by atoms with E-state index in [0.717, 1.165) is 0 Å². The molecule has 4 heteroatoms. The summed E-state index contributed by atoms with van der Waals surface area (Å²) in [6, 6.07) is 0. The van der Waals surface area contributed by atoms with Crippen molar-refractivity contribution in [3.8, 4) is 0 Å². The number of carbonyl (C=O) groups is 1. The van der Waals surface area contributed by atoms with Gasteiger partial charge in [0, 0.05) is 0 Å². The number of halogens is 1. The van der Waals surface area contributed by atoms with Gasteiger partial charge in [-0.2, -0.15) is 0 Å². The fourth-order valence-electron chi connectivity index (χ4n) is 0. The first-order valence-corrected chi connectivity index (χ1v) is 4.64. The number of carboxylic acids is 1. The second-order valence-electron chi connectivity index (χ2n) is 0.527. The minimum atomic E-state index is -0.829. The summed E-state index contributed by atoms with van der Waals surface area (Å²) >= 11 is 4.99. The molecule has 0 unspecified atom stereocenters. The Balaban J connectivity index is 0. The monoisotopic (exact) mass is 350 g/mol. The van der Waals surface area contributed by atoms with E-state index >= 15 is 0 Å². The van der Waals surface area contributed by atoms with Crippen molar-refractivity contribution in [2.24, 2.45) is 0 Å². The molecule has 0 amide bonds. The maximum absolute atomic E-state index is 9.32. The van der Waals surface area contributed by atoms with Gasteiger partial charge in [-0.3, -0.25) is 4.79 Å². The molecule has 48 valence electrons. The maximum atomic E-state index is 9.32. The van der Waals surface area contributed by atoms with Crippen LogP contribution in [0.15, 0.2) is 0 Å². The average Bonchev–Trinajstić information content (AvgIpc) is 1.73. The summed E-state index contributed by atoms with van der Waals surface area (Å²) in [5, 5.41) is 9.65. The Morgan fingerprint density at radius 3 is 2.00 bits per heavy atom. The molecule has 0 bridgehead atoms. The van der Waals surface area contributed by atoms with E-state index in [0.29, 0.717) is 0 Å². The van der Waals surface area contributed by atoms with Gasteiger partial charge in [0.15, 0.2) is 0 Å². The van der Waals surface area contributed by atoms with Crippen LogP contribution in [0.5, 0.6) is 0 Å². The first kappa shape index (κ1) is 10.6. The van der Waals surface area contributed by atoms with E-state index in [1.807, 2.05) is 5.14 Å². The third-order valence-corrected chi connectivity index (χ3v) is 0.594. The van der Waals surface area contributed by atoms with Gasteiger partial charge in [0.25, 0.3) is 0 Å². The molecular formula is C3H6AuBrO2. The SMILES string of the molecule is O=C(O)CBr.[CH3][Au]. The number of alkyl halides is 1. The van der Waals surface area contributed by atoms with Crippen LogP contribution in [-0.4, -0.2) is 16.4 Å². The molecule has 0 aliphatic heterocycles. The number of carboxylic acid groups (broad SMARTS) is 1. The third-order valence-electron chi connectivity index (χ3n) is 0.114. The van der Waals surface area contributed by atoms with Crippen molar-refractivity contribution in [3.63, 3.8) is 0 Å². The second-order valence-corrected chi connectivity index (χ2v) is 1.09. The van der Waals surface area contributed by atoms with E-state index < -0.39 is 5.97 Å². The molecule has 7 heavy (non-hydrogen) atoms. The van der Waals surface area contributed by atoms with E-state index in [2.05, 4.69) is 37.0 Å². The fourth-order valence-corrected chi connectivity index (χ4v) is 0. The first-order chi connectivity index (χ1) is 3.27. The second kappa shape index (κ2) is 9.85. The zero-order valence-electron chi connectivity index (χ0n) is 3.74. The summed E-state index contributed by atoms with van der Waals surface area (Å²) in [6.07, 6.45) is 0. The number of aliphatic carboxylic acids is 1. The Morgan fingerprint density at radius 1 is 1.86 bits per heavy atom. The van der Waals surface area contributed by atoms with Gasteiger partial charge in [0.1, 0.15) is 5.33 Å². The van der Waals surface area contributed by atoms with Gasteiger partial charge in [-0.05, 0) is 0 Å². The van der Waals surface area contributed by atoms with Crippen LogP contribution in [0.4, 0.5) is 0 Å². The Bertz CT molecular complexity index is 48.2. The topological polar surface area (TPSA) is 37.3 Å². The van der Waals surface area contributed by atoms with Crippen LogP contribution in [0.25, 0.3) is 0 Å². The van der Waals surface area contributed by atoms with Gasteiger partial charge >= 0.3 is 32.2 Å². The van der Waals surface area contributed by atoms with Crippen molar-refractivity contribution in [3.05, 3.63) is 0 Å². The molecule has 0 atom stereocenters. The van der Waals surface area contributed by atoms with E-state index in [1.165, 1.54) is 0 Å². The summed E-state index contributed by atoms with van der Waals surface area (Å²) < 4.78 is 0. The summed E-state index contributed by atoms with van der Waals surface area (Å²) in [4.78, 5) is 9.32. The predicted octanol–water partition coefficient (Wildman–Crippen LogP) is 1.05. The summed E-state index contributed by atoms with van der Waals surface area (Å²) in [5.41, 5.74) is 0. The Morgan fingerprint density at radius 2 is 2.00 bits per heavy atom. The van der Waals surface area contributed by atoms with Crippen LogP contribution in [0.3, 0.4) is 0 Å². The molecule has 0 aromatic heterocycles. The van der Waals surface area contributed by atoms with Crippen LogP contribution < -0.4 is 0 Å².